The summed E-state index contributed by atoms with van der Waals surface area (Å²) in [5, 5.41) is 8.55. The average molecular weight is 239 g/mol. The van der Waals surface area contributed by atoms with Gasteiger partial charge >= 0.3 is 0 Å². The van der Waals surface area contributed by atoms with Crippen molar-refractivity contribution in [3.8, 4) is 6.07 Å². The van der Waals surface area contributed by atoms with E-state index in [1.54, 1.807) is 6.07 Å². The first kappa shape index (κ1) is 10.8. The van der Waals surface area contributed by atoms with Crippen molar-refractivity contribution in [3.63, 3.8) is 0 Å². The van der Waals surface area contributed by atoms with Crippen molar-refractivity contribution < 1.29 is 8.42 Å². The SMILES string of the molecule is N#Cc1cnc(C2CCS(=O)(=O)C2)[nH]c1=O. The molecule has 0 radical (unpaired) electrons. The van der Waals surface area contributed by atoms with Crippen LogP contribution in [0.25, 0.3) is 0 Å². The van der Waals surface area contributed by atoms with Gasteiger partial charge in [-0.2, -0.15) is 5.26 Å². The third-order valence-electron chi connectivity index (χ3n) is 2.56. The number of nitriles is 1. The van der Waals surface area contributed by atoms with E-state index in [4.69, 9.17) is 5.26 Å². The van der Waals surface area contributed by atoms with E-state index >= 15 is 0 Å². The van der Waals surface area contributed by atoms with E-state index in [1.807, 2.05) is 0 Å². The molecule has 1 aliphatic rings. The van der Waals surface area contributed by atoms with Crippen LogP contribution in [0.5, 0.6) is 0 Å². The van der Waals surface area contributed by atoms with Crippen molar-refractivity contribution >= 4 is 9.84 Å². The van der Waals surface area contributed by atoms with Crippen molar-refractivity contribution in [1.29, 1.82) is 5.26 Å². The van der Waals surface area contributed by atoms with Gasteiger partial charge in [0.15, 0.2) is 9.84 Å². The van der Waals surface area contributed by atoms with Crippen molar-refractivity contribution in [2.24, 2.45) is 0 Å². The molecule has 1 unspecified atom stereocenters. The number of sulfone groups is 1. The molecule has 0 aliphatic carbocycles. The smallest absolute Gasteiger partial charge is 0.268 e. The predicted octanol–water partition coefficient (Wildman–Crippen LogP) is -0.456. The van der Waals surface area contributed by atoms with Crippen molar-refractivity contribution in [2.75, 3.05) is 11.5 Å². The second kappa shape index (κ2) is 3.72. The Morgan fingerprint density at radius 2 is 2.31 bits per heavy atom. The van der Waals surface area contributed by atoms with E-state index in [0.717, 1.165) is 0 Å². The first-order valence-corrected chi connectivity index (χ1v) is 6.54. The van der Waals surface area contributed by atoms with Crippen molar-refractivity contribution in [2.45, 2.75) is 12.3 Å². The standard InChI is InChI=1S/C9H9N3O3S/c10-3-7-4-11-8(12-9(7)13)6-1-2-16(14,15)5-6/h4,6H,1-2,5H2,(H,11,12,13). The Balaban J connectivity index is 2.34. The fourth-order valence-electron chi connectivity index (χ4n) is 1.71. The molecule has 1 N–H and O–H groups in total. The number of aromatic amines is 1. The zero-order valence-electron chi connectivity index (χ0n) is 8.30. The van der Waals surface area contributed by atoms with Gasteiger partial charge in [-0.05, 0) is 6.42 Å². The summed E-state index contributed by atoms with van der Waals surface area (Å²) in [4.78, 5) is 17.7. The summed E-state index contributed by atoms with van der Waals surface area (Å²) in [6.45, 7) is 0. The van der Waals surface area contributed by atoms with E-state index in [-0.39, 0.29) is 23.0 Å². The zero-order chi connectivity index (χ0) is 11.8. The van der Waals surface area contributed by atoms with E-state index in [0.29, 0.717) is 12.2 Å². The Morgan fingerprint density at radius 3 is 2.81 bits per heavy atom. The molecule has 1 fully saturated rings. The molecular weight excluding hydrogens is 230 g/mol. The minimum absolute atomic E-state index is 0.0157. The van der Waals surface area contributed by atoms with Gasteiger partial charge in [-0.1, -0.05) is 0 Å². The third kappa shape index (κ3) is 1.97. The molecule has 6 nitrogen and oxygen atoms in total. The van der Waals surface area contributed by atoms with Crippen LogP contribution < -0.4 is 5.56 Å². The predicted molar refractivity (Wildman–Crippen MR) is 55.6 cm³/mol. The van der Waals surface area contributed by atoms with Crippen LogP contribution in [0.3, 0.4) is 0 Å². The molecule has 0 spiro atoms. The van der Waals surface area contributed by atoms with Crippen molar-refractivity contribution in [3.05, 3.63) is 27.9 Å². The van der Waals surface area contributed by atoms with Gasteiger partial charge in [0, 0.05) is 5.92 Å². The highest BCUT2D eigenvalue weighted by molar-refractivity contribution is 7.91. The molecule has 2 rings (SSSR count). The molecule has 1 aromatic rings. The molecule has 0 bridgehead atoms. The number of nitrogens with zero attached hydrogens (tertiary/aromatic N) is 2. The number of nitrogens with one attached hydrogen (secondary N) is 1. The largest absolute Gasteiger partial charge is 0.309 e. The number of rotatable bonds is 1. The normalized spacial score (nSPS) is 22.8. The summed E-state index contributed by atoms with van der Waals surface area (Å²) in [6, 6.07) is 1.70. The lowest BCUT2D eigenvalue weighted by Crippen LogP contribution is -2.17. The van der Waals surface area contributed by atoms with E-state index < -0.39 is 15.4 Å². The molecule has 1 aromatic heterocycles. The molecule has 16 heavy (non-hydrogen) atoms. The van der Waals surface area contributed by atoms with E-state index in [2.05, 4.69) is 9.97 Å². The fourth-order valence-corrected chi connectivity index (χ4v) is 3.45. The molecule has 0 saturated carbocycles. The minimum atomic E-state index is -3.00. The number of hydrogen-bond acceptors (Lipinski definition) is 5. The van der Waals surface area contributed by atoms with Gasteiger partial charge in [-0.15, -0.1) is 0 Å². The lowest BCUT2D eigenvalue weighted by molar-refractivity contribution is 0.601. The van der Waals surface area contributed by atoms with Gasteiger partial charge < -0.3 is 4.98 Å². The second-order valence-electron chi connectivity index (χ2n) is 3.72. The van der Waals surface area contributed by atoms with Crippen LogP contribution in [0.4, 0.5) is 0 Å². The summed E-state index contributed by atoms with van der Waals surface area (Å²) in [7, 11) is -3.00. The quantitative estimate of drug-likeness (QED) is 0.714. The first-order chi connectivity index (χ1) is 7.52. The maximum Gasteiger partial charge on any atom is 0.268 e. The number of hydrogen-bond donors (Lipinski definition) is 1. The Morgan fingerprint density at radius 1 is 1.56 bits per heavy atom. The highest BCUT2D eigenvalue weighted by Gasteiger charge is 2.30. The van der Waals surface area contributed by atoms with Crippen LogP contribution in [0, 0.1) is 11.3 Å². The highest BCUT2D eigenvalue weighted by Crippen LogP contribution is 2.25. The van der Waals surface area contributed by atoms with Crippen LogP contribution in [0.2, 0.25) is 0 Å². The maximum atomic E-state index is 11.3. The number of aromatic nitrogens is 2. The summed E-state index contributed by atoms with van der Waals surface area (Å²) in [5.74, 6) is 0.235. The second-order valence-corrected chi connectivity index (χ2v) is 5.95. The Labute approximate surface area is 91.9 Å². The summed E-state index contributed by atoms with van der Waals surface area (Å²) in [5.41, 5.74) is -0.582. The molecule has 7 heteroatoms. The van der Waals surface area contributed by atoms with Crippen LogP contribution in [-0.2, 0) is 9.84 Å². The van der Waals surface area contributed by atoms with Crippen LogP contribution in [0.1, 0.15) is 23.7 Å². The molecule has 1 atom stereocenters. The molecule has 2 heterocycles. The van der Waals surface area contributed by atoms with Gasteiger partial charge in [0.25, 0.3) is 5.56 Å². The van der Waals surface area contributed by atoms with Crippen LogP contribution in [0.15, 0.2) is 11.0 Å². The molecule has 0 aromatic carbocycles. The third-order valence-corrected chi connectivity index (χ3v) is 4.33. The molecule has 84 valence electrons. The summed E-state index contributed by atoms with van der Waals surface area (Å²) >= 11 is 0. The molecule has 1 saturated heterocycles. The van der Waals surface area contributed by atoms with Gasteiger partial charge in [-0.25, -0.2) is 13.4 Å². The first-order valence-electron chi connectivity index (χ1n) is 4.71. The minimum Gasteiger partial charge on any atom is -0.309 e. The Kier molecular flexibility index (Phi) is 2.52. The van der Waals surface area contributed by atoms with Crippen LogP contribution >= 0.6 is 0 Å². The van der Waals surface area contributed by atoms with E-state index in [1.165, 1.54) is 6.20 Å². The molecular formula is C9H9N3O3S. The number of H-pyrrole nitrogens is 1. The monoisotopic (exact) mass is 239 g/mol. The lowest BCUT2D eigenvalue weighted by atomic mass is 10.1. The Bertz CT molecular complexity index is 612. The van der Waals surface area contributed by atoms with Gasteiger partial charge in [0.2, 0.25) is 0 Å². The van der Waals surface area contributed by atoms with Gasteiger partial charge in [0.1, 0.15) is 17.5 Å². The average Bonchev–Trinajstić information content (AvgIpc) is 2.59. The maximum absolute atomic E-state index is 11.3. The van der Waals surface area contributed by atoms with Gasteiger partial charge in [-0.3, -0.25) is 4.79 Å². The Hall–Kier alpha value is -1.68. The van der Waals surface area contributed by atoms with Crippen LogP contribution in [-0.4, -0.2) is 29.9 Å². The lowest BCUT2D eigenvalue weighted by Gasteiger charge is -2.05. The molecule has 0 amide bonds. The topological polar surface area (TPSA) is 104 Å². The summed E-state index contributed by atoms with van der Waals surface area (Å²) in [6.07, 6.45) is 1.65. The van der Waals surface area contributed by atoms with Crippen molar-refractivity contribution in [1.82, 2.24) is 9.97 Å². The molecule has 1 aliphatic heterocycles. The summed E-state index contributed by atoms with van der Waals surface area (Å²) < 4.78 is 22.5. The zero-order valence-corrected chi connectivity index (χ0v) is 9.12. The highest BCUT2D eigenvalue weighted by atomic mass is 32.2. The van der Waals surface area contributed by atoms with E-state index in [9.17, 15) is 13.2 Å². The van der Waals surface area contributed by atoms with Gasteiger partial charge in [0.05, 0.1) is 17.7 Å². The fraction of sp³-hybridized carbons (Fsp3) is 0.444.